The van der Waals surface area contributed by atoms with E-state index in [2.05, 4.69) is 18.4 Å². The average Bonchev–Trinajstić information content (AvgIpc) is 2.79. The van der Waals surface area contributed by atoms with E-state index in [0.29, 0.717) is 24.5 Å². The van der Waals surface area contributed by atoms with Crippen molar-refractivity contribution in [3.8, 4) is 11.8 Å². The number of hydrogen-bond acceptors (Lipinski definition) is 2. The number of fused-ring (bicyclic) bond motifs is 1. The van der Waals surface area contributed by atoms with Gasteiger partial charge in [-0.3, -0.25) is 0 Å². The summed E-state index contributed by atoms with van der Waals surface area (Å²) in [6.45, 7) is 5.12. The molecule has 0 aliphatic carbocycles. The lowest BCUT2D eigenvalue weighted by molar-refractivity contribution is -0.205. The molecule has 30 heavy (non-hydrogen) atoms. The fourth-order valence-corrected chi connectivity index (χ4v) is 3.47. The van der Waals surface area contributed by atoms with E-state index in [9.17, 15) is 8.78 Å². The van der Waals surface area contributed by atoms with Gasteiger partial charge in [0.05, 0.1) is 13.2 Å². The molecule has 0 unspecified atom stereocenters. The zero-order valence-corrected chi connectivity index (χ0v) is 16.5. The molecule has 152 valence electrons. The third-order valence-electron chi connectivity index (χ3n) is 5.19. The molecule has 3 aromatic rings. The predicted octanol–water partition coefficient (Wildman–Crippen LogP) is 6.15. The van der Waals surface area contributed by atoms with Crippen LogP contribution in [0.25, 0.3) is 10.8 Å². The van der Waals surface area contributed by atoms with E-state index in [-0.39, 0.29) is 11.7 Å². The summed E-state index contributed by atoms with van der Waals surface area (Å²) < 4.78 is 38.8. The van der Waals surface area contributed by atoms with Crippen LogP contribution in [-0.2, 0) is 9.47 Å². The van der Waals surface area contributed by atoms with E-state index in [4.69, 9.17) is 9.47 Å². The molecule has 1 aliphatic heterocycles. The normalized spacial score (nSPS) is 18.6. The van der Waals surface area contributed by atoms with Crippen molar-refractivity contribution in [2.45, 2.75) is 19.1 Å². The van der Waals surface area contributed by atoms with Crippen LogP contribution in [-0.4, -0.2) is 13.2 Å². The lowest BCUT2D eigenvalue weighted by Gasteiger charge is -2.29. The predicted molar refractivity (Wildman–Crippen MR) is 114 cm³/mol. The molecular weight excluding hydrogens is 382 g/mol. The fourth-order valence-electron chi connectivity index (χ4n) is 3.47. The van der Waals surface area contributed by atoms with Crippen LogP contribution in [0.5, 0.6) is 0 Å². The van der Waals surface area contributed by atoms with Gasteiger partial charge in [-0.15, -0.1) is 6.58 Å². The highest BCUT2D eigenvalue weighted by atomic mass is 19.2. The van der Waals surface area contributed by atoms with Crippen molar-refractivity contribution in [3.63, 3.8) is 0 Å². The molecule has 3 aromatic carbocycles. The van der Waals surface area contributed by atoms with Crippen LogP contribution in [0, 0.1) is 29.4 Å². The first kappa shape index (κ1) is 20.3. The van der Waals surface area contributed by atoms with Crippen LogP contribution < -0.4 is 0 Å². The zero-order valence-electron chi connectivity index (χ0n) is 16.5. The third-order valence-corrected chi connectivity index (χ3v) is 5.19. The van der Waals surface area contributed by atoms with Gasteiger partial charge in [0.1, 0.15) is 0 Å². The summed E-state index contributed by atoms with van der Waals surface area (Å²) in [5.74, 6) is 4.91. The van der Waals surface area contributed by atoms with Crippen LogP contribution >= 0.6 is 0 Å². The van der Waals surface area contributed by atoms with Gasteiger partial charge >= 0.3 is 0 Å². The number of hydrogen-bond donors (Lipinski definition) is 0. The number of allylic oxidation sites excluding steroid dienone is 1. The highest BCUT2D eigenvalue weighted by molar-refractivity contribution is 5.84. The number of benzene rings is 3. The molecule has 0 spiro atoms. The molecule has 0 N–H and O–H groups in total. The lowest BCUT2D eigenvalue weighted by atomic mass is 10.0. The second-order valence-electron chi connectivity index (χ2n) is 7.40. The van der Waals surface area contributed by atoms with Crippen molar-refractivity contribution in [1.82, 2.24) is 0 Å². The van der Waals surface area contributed by atoms with Crippen molar-refractivity contribution < 1.29 is 18.3 Å². The quantitative estimate of drug-likeness (QED) is 0.384. The molecule has 0 bridgehead atoms. The van der Waals surface area contributed by atoms with Gasteiger partial charge in [-0.2, -0.15) is 0 Å². The minimum Gasteiger partial charge on any atom is -0.348 e. The first-order valence-electron chi connectivity index (χ1n) is 9.98. The Morgan fingerprint density at radius 1 is 0.933 bits per heavy atom. The van der Waals surface area contributed by atoms with Gasteiger partial charge in [-0.1, -0.05) is 42.2 Å². The summed E-state index contributed by atoms with van der Waals surface area (Å²) in [6, 6.07) is 15.5. The Balaban J connectivity index is 1.42. The number of ether oxygens (including phenoxy) is 2. The highest BCUT2D eigenvalue weighted by Crippen LogP contribution is 2.27. The van der Waals surface area contributed by atoms with Gasteiger partial charge in [-0.25, -0.2) is 8.78 Å². The standard InChI is InChI=1S/C26H22F2O2/c1-2-3-4-20-16-29-26(30-17-20)21-10-7-18(8-11-21)5-6-19-9-13-23-22(15-19)12-14-24(27)25(23)28/h2,7-15,20,26H,1,3-4,16-17H2. The molecule has 1 saturated heterocycles. The van der Waals surface area contributed by atoms with E-state index in [1.807, 2.05) is 30.3 Å². The Kier molecular flexibility index (Phi) is 6.23. The number of rotatable bonds is 4. The minimum absolute atomic E-state index is 0.254. The molecule has 1 aliphatic rings. The maximum Gasteiger partial charge on any atom is 0.183 e. The Morgan fingerprint density at radius 2 is 1.63 bits per heavy atom. The molecule has 0 atom stereocenters. The molecular formula is C26H22F2O2. The van der Waals surface area contributed by atoms with Gasteiger partial charge in [0.25, 0.3) is 0 Å². The van der Waals surface area contributed by atoms with Crippen LogP contribution in [0.2, 0.25) is 0 Å². The van der Waals surface area contributed by atoms with Crippen molar-refractivity contribution in [2.24, 2.45) is 5.92 Å². The van der Waals surface area contributed by atoms with Gasteiger partial charge < -0.3 is 9.47 Å². The highest BCUT2D eigenvalue weighted by Gasteiger charge is 2.22. The van der Waals surface area contributed by atoms with E-state index in [0.717, 1.165) is 35.6 Å². The second-order valence-corrected chi connectivity index (χ2v) is 7.40. The summed E-state index contributed by atoms with van der Waals surface area (Å²) >= 11 is 0. The van der Waals surface area contributed by atoms with E-state index in [1.165, 1.54) is 0 Å². The van der Waals surface area contributed by atoms with Crippen molar-refractivity contribution >= 4 is 10.8 Å². The molecule has 0 saturated carbocycles. The molecule has 0 radical (unpaired) electrons. The first-order chi connectivity index (χ1) is 14.6. The lowest BCUT2D eigenvalue weighted by Crippen LogP contribution is -2.26. The monoisotopic (exact) mass is 404 g/mol. The van der Waals surface area contributed by atoms with Gasteiger partial charge in [0, 0.05) is 28.0 Å². The van der Waals surface area contributed by atoms with Crippen LogP contribution in [0.4, 0.5) is 8.78 Å². The van der Waals surface area contributed by atoms with Crippen LogP contribution in [0.15, 0.2) is 67.3 Å². The smallest absolute Gasteiger partial charge is 0.183 e. The second kappa shape index (κ2) is 9.21. The summed E-state index contributed by atoms with van der Waals surface area (Å²) in [7, 11) is 0. The SMILES string of the molecule is C=CCCC1COC(c2ccc(C#Cc3ccc4c(F)c(F)ccc4c3)cc2)OC1. The topological polar surface area (TPSA) is 18.5 Å². The van der Waals surface area contributed by atoms with Crippen molar-refractivity contribution in [3.05, 3.63) is 95.6 Å². The fraction of sp³-hybridized carbons (Fsp3) is 0.231. The van der Waals surface area contributed by atoms with Crippen molar-refractivity contribution in [2.75, 3.05) is 13.2 Å². The summed E-state index contributed by atoms with van der Waals surface area (Å²) in [4.78, 5) is 0. The van der Waals surface area contributed by atoms with Gasteiger partial charge in [0.2, 0.25) is 0 Å². The Labute approximate surface area is 175 Å². The summed E-state index contributed by atoms with van der Waals surface area (Å²) in [5.41, 5.74) is 2.55. The minimum atomic E-state index is -0.848. The maximum atomic E-state index is 13.8. The zero-order chi connectivity index (χ0) is 20.9. The van der Waals surface area contributed by atoms with E-state index in [1.54, 1.807) is 24.3 Å². The van der Waals surface area contributed by atoms with Gasteiger partial charge in [-0.05, 0) is 48.6 Å². The number of halogens is 2. The molecule has 0 aromatic heterocycles. The molecule has 1 heterocycles. The molecule has 2 nitrogen and oxygen atoms in total. The van der Waals surface area contributed by atoms with E-state index >= 15 is 0 Å². The molecule has 4 rings (SSSR count). The molecule has 4 heteroatoms. The summed E-state index contributed by atoms with van der Waals surface area (Å²) in [5, 5.41) is 0.873. The largest absolute Gasteiger partial charge is 0.348 e. The summed E-state index contributed by atoms with van der Waals surface area (Å²) in [6.07, 6.45) is 3.57. The van der Waals surface area contributed by atoms with Crippen LogP contribution in [0.1, 0.15) is 35.8 Å². The Bertz CT molecular complexity index is 1100. The van der Waals surface area contributed by atoms with Crippen molar-refractivity contribution in [1.29, 1.82) is 0 Å². The molecule has 1 fully saturated rings. The van der Waals surface area contributed by atoms with Crippen LogP contribution in [0.3, 0.4) is 0 Å². The Hall–Kier alpha value is -3.00. The average molecular weight is 404 g/mol. The Morgan fingerprint density at radius 3 is 2.37 bits per heavy atom. The maximum absolute atomic E-state index is 13.8. The molecule has 0 amide bonds. The van der Waals surface area contributed by atoms with Gasteiger partial charge in [0.15, 0.2) is 17.9 Å². The third kappa shape index (κ3) is 4.59. The first-order valence-corrected chi connectivity index (χ1v) is 9.98. The van der Waals surface area contributed by atoms with E-state index < -0.39 is 11.6 Å².